The Bertz CT molecular complexity index is 503. The van der Waals surface area contributed by atoms with Gasteiger partial charge in [0.25, 0.3) is 0 Å². The number of hydrogen-bond donors (Lipinski definition) is 1. The van der Waals surface area contributed by atoms with Gasteiger partial charge in [0.15, 0.2) is 0 Å². The van der Waals surface area contributed by atoms with E-state index in [0.717, 1.165) is 25.1 Å². The highest BCUT2D eigenvalue weighted by Crippen LogP contribution is 2.18. The zero-order valence-electron chi connectivity index (χ0n) is 12.1. The summed E-state index contributed by atoms with van der Waals surface area (Å²) >= 11 is 0. The van der Waals surface area contributed by atoms with E-state index in [1.54, 1.807) is 12.1 Å². The average molecular weight is 271 g/mol. The summed E-state index contributed by atoms with van der Waals surface area (Å²) in [4.78, 5) is 14.4. The van der Waals surface area contributed by atoms with E-state index in [2.05, 4.69) is 18.3 Å². The second kappa shape index (κ2) is 6.42. The van der Waals surface area contributed by atoms with Crippen LogP contribution in [0.15, 0.2) is 24.3 Å². The van der Waals surface area contributed by atoms with Crippen molar-refractivity contribution in [3.8, 4) is 6.07 Å². The van der Waals surface area contributed by atoms with E-state index in [9.17, 15) is 4.79 Å². The summed E-state index contributed by atoms with van der Waals surface area (Å²) in [7, 11) is 0. The summed E-state index contributed by atoms with van der Waals surface area (Å²) in [5.74, 6) is 0.154. The Kier molecular flexibility index (Phi) is 4.62. The number of piperidine rings is 1. The fourth-order valence-corrected chi connectivity index (χ4v) is 2.63. The van der Waals surface area contributed by atoms with Gasteiger partial charge in [-0.1, -0.05) is 0 Å². The summed E-state index contributed by atoms with van der Waals surface area (Å²) in [5.41, 5.74) is 1.49. The van der Waals surface area contributed by atoms with Crippen molar-refractivity contribution < 1.29 is 4.79 Å². The number of likely N-dealkylation sites (tertiary alicyclic amines) is 1. The summed E-state index contributed by atoms with van der Waals surface area (Å²) in [5, 5.41) is 12.0. The highest BCUT2D eigenvalue weighted by molar-refractivity contribution is 5.84. The molecule has 4 nitrogen and oxygen atoms in total. The number of hydrogen-bond acceptors (Lipinski definition) is 3. The number of nitrogens with zero attached hydrogens (tertiary/aromatic N) is 2. The quantitative estimate of drug-likeness (QED) is 0.919. The third-order valence-corrected chi connectivity index (χ3v) is 3.85. The van der Waals surface area contributed by atoms with E-state index in [0.29, 0.717) is 11.6 Å². The maximum atomic E-state index is 12.4. The Balaban J connectivity index is 1.98. The van der Waals surface area contributed by atoms with E-state index in [1.165, 1.54) is 6.42 Å². The normalized spacial score (nSPS) is 20.1. The molecule has 1 aromatic carbocycles. The van der Waals surface area contributed by atoms with E-state index in [1.807, 2.05) is 24.0 Å². The lowest BCUT2D eigenvalue weighted by Gasteiger charge is -2.35. The van der Waals surface area contributed by atoms with Crippen molar-refractivity contribution in [2.75, 3.05) is 11.9 Å². The lowest BCUT2D eigenvalue weighted by atomic mass is 10.0. The van der Waals surface area contributed by atoms with E-state index >= 15 is 0 Å². The molecule has 0 aliphatic carbocycles. The molecule has 0 bridgehead atoms. The SMILES string of the molecule is CC(Nc1ccc(C#N)cc1)C(=O)N1CCCCC1C. The Labute approximate surface area is 120 Å². The van der Waals surface area contributed by atoms with Crippen molar-refractivity contribution in [3.05, 3.63) is 29.8 Å². The molecule has 2 atom stereocenters. The van der Waals surface area contributed by atoms with E-state index in [4.69, 9.17) is 5.26 Å². The van der Waals surface area contributed by atoms with Crippen LogP contribution in [0.1, 0.15) is 38.7 Å². The zero-order chi connectivity index (χ0) is 14.5. The third-order valence-electron chi connectivity index (χ3n) is 3.85. The van der Waals surface area contributed by atoms with Gasteiger partial charge in [0.1, 0.15) is 6.04 Å². The number of carbonyl (C=O) groups is 1. The van der Waals surface area contributed by atoms with Crippen molar-refractivity contribution in [2.24, 2.45) is 0 Å². The molecule has 2 unspecified atom stereocenters. The summed E-state index contributed by atoms with van der Waals surface area (Å²) in [6.07, 6.45) is 3.40. The predicted octanol–water partition coefficient (Wildman–Crippen LogP) is 2.76. The van der Waals surface area contributed by atoms with Crippen LogP contribution >= 0.6 is 0 Å². The largest absolute Gasteiger partial charge is 0.374 e. The Morgan fingerprint density at radius 2 is 2.10 bits per heavy atom. The monoisotopic (exact) mass is 271 g/mol. The molecule has 2 rings (SSSR count). The van der Waals surface area contributed by atoms with Crippen LogP contribution < -0.4 is 5.32 Å². The minimum absolute atomic E-state index is 0.154. The molecule has 1 amide bonds. The molecule has 0 aromatic heterocycles. The van der Waals surface area contributed by atoms with Gasteiger partial charge in [-0.05, 0) is 57.4 Å². The molecule has 0 radical (unpaired) electrons. The zero-order valence-corrected chi connectivity index (χ0v) is 12.1. The van der Waals surface area contributed by atoms with Gasteiger partial charge < -0.3 is 10.2 Å². The maximum Gasteiger partial charge on any atom is 0.245 e. The first kappa shape index (κ1) is 14.4. The van der Waals surface area contributed by atoms with Crippen molar-refractivity contribution in [2.45, 2.75) is 45.2 Å². The molecule has 20 heavy (non-hydrogen) atoms. The van der Waals surface area contributed by atoms with Gasteiger partial charge in [-0.25, -0.2) is 0 Å². The molecular formula is C16H21N3O. The highest BCUT2D eigenvalue weighted by Gasteiger charge is 2.26. The van der Waals surface area contributed by atoms with Gasteiger partial charge in [0.2, 0.25) is 5.91 Å². The summed E-state index contributed by atoms with van der Waals surface area (Å²) in [6.45, 7) is 4.87. The second-order valence-corrected chi connectivity index (χ2v) is 5.43. The lowest BCUT2D eigenvalue weighted by Crippen LogP contribution is -2.48. The van der Waals surface area contributed by atoms with Crippen LogP contribution in [0.4, 0.5) is 5.69 Å². The number of benzene rings is 1. The van der Waals surface area contributed by atoms with Crippen LogP contribution in [0, 0.1) is 11.3 Å². The number of nitriles is 1. The van der Waals surface area contributed by atoms with Crippen molar-refractivity contribution in [3.63, 3.8) is 0 Å². The van der Waals surface area contributed by atoms with Gasteiger partial charge >= 0.3 is 0 Å². The first-order valence-electron chi connectivity index (χ1n) is 7.19. The van der Waals surface area contributed by atoms with Crippen LogP contribution in [0.5, 0.6) is 0 Å². The molecule has 1 aliphatic heterocycles. The van der Waals surface area contributed by atoms with Gasteiger partial charge in [-0.2, -0.15) is 5.26 Å². The number of amides is 1. The van der Waals surface area contributed by atoms with Crippen molar-refractivity contribution in [1.82, 2.24) is 4.90 Å². The minimum Gasteiger partial charge on any atom is -0.374 e. The second-order valence-electron chi connectivity index (χ2n) is 5.43. The predicted molar refractivity (Wildman–Crippen MR) is 79.3 cm³/mol. The molecule has 1 aliphatic rings. The van der Waals surface area contributed by atoms with Crippen LogP contribution in [-0.4, -0.2) is 29.4 Å². The Hall–Kier alpha value is -2.02. The molecule has 1 fully saturated rings. The molecule has 4 heteroatoms. The smallest absolute Gasteiger partial charge is 0.245 e. The van der Waals surface area contributed by atoms with E-state index in [-0.39, 0.29) is 11.9 Å². The van der Waals surface area contributed by atoms with Crippen molar-refractivity contribution >= 4 is 11.6 Å². The van der Waals surface area contributed by atoms with Gasteiger partial charge in [-0.15, -0.1) is 0 Å². The van der Waals surface area contributed by atoms with E-state index < -0.39 is 0 Å². The van der Waals surface area contributed by atoms with Gasteiger partial charge in [-0.3, -0.25) is 4.79 Å². The fourth-order valence-electron chi connectivity index (χ4n) is 2.63. The summed E-state index contributed by atoms with van der Waals surface area (Å²) < 4.78 is 0. The topological polar surface area (TPSA) is 56.1 Å². The minimum atomic E-state index is -0.247. The van der Waals surface area contributed by atoms with Crippen molar-refractivity contribution in [1.29, 1.82) is 5.26 Å². The number of carbonyl (C=O) groups excluding carboxylic acids is 1. The summed E-state index contributed by atoms with van der Waals surface area (Å²) in [6, 6.07) is 9.35. The van der Waals surface area contributed by atoms with Crippen LogP contribution in [0.3, 0.4) is 0 Å². The van der Waals surface area contributed by atoms with Crippen LogP contribution in [-0.2, 0) is 4.79 Å². The first-order valence-corrected chi connectivity index (χ1v) is 7.19. The molecule has 1 heterocycles. The lowest BCUT2D eigenvalue weighted by molar-refractivity contribution is -0.134. The molecule has 1 saturated heterocycles. The first-order chi connectivity index (χ1) is 9.61. The maximum absolute atomic E-state index is 12.4. The number of nitrogens with one attached hydrogen (secondary N) is 1. The fraction of sp³-hybridized carbons (Fsp3) is 0.500. The van der Waals surface area contributed by atoms with Crippen LogP contribution in [0.25, 0.3) is 0 Å². The molecule has 0 saturated carbocycles. The van der Waals surface area contributed by atoms with Gasteiger partial charge in [0.05, 0.1) is 11.6 Å². The standard InChI is InChI=1S/C16H21N3O/c1-12-5-3-4-10-19(12)16(20)13(2)18-15-8-6-14(11-17)7-9-15/h6-9,12-13,18H,3-5,10H2,1-2H3. The molecule has 1 aromatic rings. The Morgan fingerprint density at radius 1 is 1.40 bits per heavy atom. The molecule has 0 spiro atoms. The average Bonchev–Trinajstić information content (AvgIpc) is 2.48. The Morgan fingerprint density at radius 3 is 2.70 bits per heavy atom. The number of anilines is 1. The third kappa shape index (κ3) is 3.30. The number of rotatable bonds is 3. The molecule has 1 N–H and O–H groups in total. The molecular weight excluding hydrogens is 250 g/mol. The highest BCUT2D eigenvalue weighted by atomic mass is 16.2. The van der Waals surface area contributed by atoms with Gasteiger partial charge in [0, 0.05) is 18.3 Å². The molecule has 106 valence electrons. The van der Waals surface area contributed by atoms with Crippen LogP contribution in [0.2, 0.25) is 0 Å².